The Hall–Kier alpha value is -2.45. The molecule has 0 aliphatic heterocycles. The number of carboxylic acids is 1. The SMILES string of the molecule is CN(C)c1ccc(CSCC[C@H](NC(=O)C(C)(C)CSC(=O)c2ccccc2)C(=O)O)cc1. The highest BCUT2D eigenvalue weighted by molar-refractivity contribution is 8.14. The topological polar surface area (TPSA) is 86.7 Å². The molecule has 0 unspecified atom stereocenters. The molecule has 2 rings (SSSR count). The van der Waals surface area contributed by atoms with Crippen molar-refractivity contribution < 1.29 is 19.5 Å². The van der Waals surface area contributed by atoms with Gasteiger partial charge in [0, 0.05) is 36.9 Å². The Balaban J connectivity index is 1.81. The van der Waals surface area contributed by atoms with Crippen LogP contribution in [0.2, 0.25) is 0 Å². The van der Waals surface area contributed by atoms with Crippen LogP contribution in [0.25, 0.3) is 0 Å². The Kier molecular flexibility index (Phi) is 10.3. The van der Waals surface area contributed by atoms with E-state index in [1.54, 1.807) is 49.9 Å². The van der Waals surface area contributed by atoms with Crippen molar-refractivity contribution in [2.75, 3.05) is 30.5 Å². The highest BCUT2D eigenvalue weighted by Crippen LogP contribution is 2.25. The van der Waals surface area contributed by atoms with Crippen molar-refractivity contribution in [2.45, 2.75) is 32.1 Å². The summed E-state index contributed by atoms with van der Waals surface area (Å²) in [7, 11) is 3.98. The number of carboxylic acid groups (broad SMARTS) is 1. The highest BCUT2D eigenvalue weighted by Gasteiger charge is 2.32. The number of carbonyl (C=O) groups is 3. The smallest absolute Gasteiger partial charge is 0.326 e. The summed E-state index contributed by atoms with van der Waals surface area (Å²) in [5, 5.41) is 12.1. The van der Waals surface area contributed by atoms with Gasteiger partial charge in [0.15, 0.2) is 0 Å². The summed E-state index contributed by atoms with van der Waals surface area (Å²) in [5.74, 6) is 0.221. The van der Waals surface area contributed by atoms with E-state index in [0.29, 0.717) is 17.7 Å². The molecule has 2 aromatic carbocycles. The fourth-order valence-corrected chi connectivity index (χ4v) is 4.76. The first-order valence-electron chi connectivity index (χ1n) is 10.7. The Labute approximate surface area is 204 Å². The number of thioether (sulfide) groups is 2. The third-order valence-corrected chi connectivity index (χ3v) is 7.49. The van der Waals surface area contributed by atoms with Gasteiger partial charge in [-0.15, -0.1) is 0 Å². The van der Waals surface area contributed by atoms with Crippen LogP contribution in [0.3, 0.4) is 0 Å². The van der Waals surface area contributed by atoms with E-state index in [1.807, 2.05) is 25.1 Å². The lowest BCUT2D eigenvalue weighted by Crippen LogP contribution is -2.47. The number of nitrogens with zero attached hydrogens (tertiary/aromatic N) is 1. The second-order valence-electron chi connectivity index (χ2n) is 8.59. The third kappa shape index (κ3) is 8.78. The normalized spacial score (nSPS) is 12.1. The lowest BCUT2D eigenvalue weighted by atomic mass is 9.94. The molecule has 1 amide bonds. The van der Waals surface area contributed by atoms with E-state index in [2.05, 4.69) is 29.6 Å². The predicted octanol–water partition coefficient (Wildman–Crippen LogP) is 4.55. The molecule has 0 aliphatic carbocycles. The van der Waals surface area contributed by atoms with Crippen molar-refractivity contribution in [3.63, 3.8) is 0 Å². The third-order valence-electron chi connectivity index (χ3n) is 5.06. The van der Waals surface area contributed by atoms with Gasteiger partial charge in [-0.3, -0.25) is 9.59 Å². The maximum atomic E-state index is 12.8. The van der Waals surface area contributed by atoms with Gasteiger partial charge < -0.3 is 15.3 Å². The van der Waals surface area contributed by atoms with Gasteiger partial charge in [0.05, 0.1) is 5.41 Å². The number of carbonyl (C=O) groups excluding carboxylic acids is 2. The summed E-state index contributed by atoms with van der Waals surface area (Å²) in [6, 6.07) is 16.2. The molecule has 0 fully saturated rings. The standard InChI is InChI=1S/C25H32N2O4S2/c1-25(2,17-33-23(30)19-8-6-5-7-9-19)24(31)26-21(22(28)29)14-15-32-16-18-10-12-20(13-11-18)27(3)4/h5-13,21H,14-17H2,1-4H3,(H,26,31)(H,28,29)/t21-/m0/s1. The fraction of sp³-hybridized carbons (Fsp3) is 0.400. The van der Waals surface area contributed by atoms with Crippen LogP contribution in [0.15, 0.2) is 54.6 Å². The van der Waals surface area contributed by atoms with Gasteiger partial charge in [-0.2, -0.15) is 11.8 Å². The zero-order valence-corrected chi connectivity index (χ0v) is 21.2. The van der Waals surface area contributed by atoms with Crippen molar-refractivity contribution in [2.24, 2.45) is 5.41 Å². The van der Waals surface area contributed by atoms with Gasteiger partial charge in [-0.05, 0) is 29.9 Å². The molecule has 1 atom stereocenters. The largest absolute Gasteiger partial charge is 0.480 e. The molecule has 0 radical (unpaired) electrons. The second-order valence-corrected chi connectivity index (χ2v) is 10.6. The molecule has 0 bridgehead atoms. The van der Waals surface area contributed by atoms with E-state index in [4.69, 9.17) is 0 Å². The summed E-state index contributed by atoms with van der Waals surface area (Å²) < 4.78 is 0. The molecule has 0 saturated heterocycles. The van der Waals surface area contributed by atoms with Crippen LogP contribution < -0.4 is 10.2 Å². The van der Waals surface area contributed by atoms with Crippen LogP contribution >= 0.6 is 23.5 Å². The van der Waals surface area contributed by atoms with Crippen LogP contribution in [0.5, 0.6) is 0 Å². The van der Waals surface area contributed by atoms with Crippen molar-refractivity contribution in [3.05, 3.63) is 65.7 Å². The molecule has 33 heavy (non-hydrogen) atoms. The predicted molar refractivity (Wildman–Crippen MR) is 138 cm³/mol. The number of nitrogens with one attached hydrogen (secondary N) is 1. The first kappa shape index (κ1) is 26.8. The molecular formula is C25H32N2O4S2. The lowest BCUT2D eigenvalue weighted by Gasteiger charge is -2.25. The molecule has 0 saturated carbocycles. The average Bonchev–Trinajstić information content (AvgIpc) is 2.80. The molecule has 0 spiro atoms. The lowest BCUT2D eigenvalue weighted by molar-refractivity contribution is -0.143. The van der Waals surface area contributed by atoms with E-state index in [-0.39, 0.29) is 16.8 Å². The van der Waals surface area contributed by atoms with Gasteiger partial charge in [0.1, 0.15) is 6.04 Å². The zero-order chi connectivity index (χ0) is 24.4. The average molecular weight is 489 g/mol. The van der Waals surface area contributed by atoms with Gasteiger partial charge >= 0.3 is 5.97 Å². The van der Waals surface area contributed by atoms with E-state index in [0.717, 1.165) is 23.2 Å². The van der Waals surface area contributed by atoms with Gasteiger partial charge in [0.2, 0.25) is 11.0 Å². The highest BCUT2D eigenvalue weighted by atomic mass is 32.2. The van der Waals surface area contributed by atoms with Crippen molar-refractivity contribution in [1.82, 2.24) is 5.32 Å². The van der Waals surface area contributed by atoms with Crippen molar-refractivity contribution in [3.8, 4) is 0 Å². The molecule has 0 aromatic heterocycles. The van der Waals surface area contributed by atoms with Crippen molar-refractivity contribution in [1.29, 1.82) is 0 Å². The van der Waals surface area contributed by atoms with E-state index in [9.17, 15) is 19.5 Å². The fourth-order valence-electron chi connectivity index (χ4n) is 2.86. The first-order chi connectivity index (χ1) is 15.6. The number of hydrogen-bond acceptors (Lipinski definition) is 6. The number of aliphatic carboxylic acids is 1. The minimum atomic E-state index is -1.05. The summed E-state index contributed by atoms with van der Waals surface area (Å²) in [6.45, 7) is 3.44. The Morgan fingerprint density at radius 3 is 2.24 bits per heavy atom. The van der Waals surface area contributed by atoms with Gasteiger partial charge in [0.25, 0.3) is 0 Å². The quantitative estimate of drug-likeness (QED) is 0.424. The number of rotatable bonds is 12. The number of anilines is 1. The summed E-state index contributed by atoms with van der Waals surface area (Å²) in [5.41, 5.74) is 1.99. The monoisotopic (exact) mass is 488 g/mol. The minimum Gasteiger partial charge on any atom is -0.480 e. The van der Waals surface area contributed by atoms with Gasteiger partial charge in [-0.1, -0.05) is 68.1 Å². The molecular weight excluding hydrogens is 456 g/mol. The van der Waals surface area contributed by atoms with Crippen molar-refractivity contribution >= 4 is 46.2 Å². The summed E-state index contributed by atoms with van der Waals surface area (Å²) >= 11 is 2.70. The van der Waals surface area contributed by atoms with Crippen LogP contribution in [0, 0.1) is 5.41 Å². The maximum absolute atomic E-state index is 12.8. The van der Waals surface area contributed by atoms with E-state index in [1.165, 1.54) is 5.56 Å². The number of benzene rings is 2. The zero-order valence-electron chi connectivity index (χ0n) is 19.5. The molecule has 2 N–H and O–H groups in total. The molecule has 0 aliphatic rings. The van der Waals surface area contributed by atoms with E-state index < -0.39 is 17.4 Å². The molecule has 2 aromatic rings. The van der Waals surface area contributed by atoms with Crippen LogP contribution in [-0.2, 0) is 15.3 Å². The number of amides is 1. The minimum absolute atomic E-state index is 0.110. The van der Waals surface area contributed by atoms with Crippen LogP contribution in [0.1, 0.15) is 36.2 Å². The van der Waals surface area contributed by atoms with E-state index >= 15 is 0 Å². The Bertz CT molecular complexity index is 931. The van der Waals surface area contributed by atoms with Crippen LogP contribution in [-0.4, -0.2) is 53.7 Å². The van der Waals surface area contributed by atoms with Crippen LogP contribution in [0.4, 0.5) is 5.69 Å². The summed E-state index contributed by atoms with van der Waals surface area (Å²) in [4.78, 5) is 38.8. The molecule has 178 valence electrons. The number of hydrogen-bond donors (Lipinski definition) is 2. The second kappa shape index (κ2) is 12.7. The Morgan fingerprint density at radius 2 is 1.67 bits per heavy atom. The molecule has 0 heterocycles. The Morgan fingerprint density at radius 1 is 1.03 bits per heavy atom. The molecule has 8 heteroatoms. The maximum Gasteiger partial charge on any atom is 0.326 e. The molecule has 6 nitrogen and oxygen atoms in total. The summed E-state index contributed by atoms with van der Waals surface area (Å²) in [6.07, 6.45) is 0.327. The first-order valence-corrected chi connectivity index (χ1v) is 12.8. The van der Waals surface area contributed by atoms with Gasteiger partial charge in [-0.25, -0.2) is 4.79 Å².